The summed E-state index contributed by atoms with van der Waals surface area (Å²) in [5.74, 6) is 1.54. The Kier molecular flexibility index (Phi) is 4.20. The predicted molar refractivity (Wildman–Crippen MR) is 87.3 cm³/mol. The Balaban J connectivity index is 2.11. The zero-order valence-electron chi connectivity index (χ0n) is 12.1. The molecule has 0 saturated heterocycles. The molecule has 0 saturated carbocycles. The van der Waals surface area contributed by atoms with Crippen LogP contribution in [-0.2, 0) is 12.8 Å². The molecule has 4 heteroatoms. The average molecular weight is 300 g/mol. The third-order valence-corrected chi connectivity index (χ3v) is 3.77. The molecule has 0 bridgehead atoms. The van der Waals surface area contributed by atoms with E-state index in [1.54, 1.807) is 12.4 Å². The van der Waals surface area contributed by atoms with Gasteiger partial charge in [0.15, 0.2) is 0 Å². The van der Waals surface area contributed by atoms with Gasteiger partial charge in [0, 0.05) is 24.2 Å². The van der Waals surface area contributed by atoms with E-state index >= 15 is 0 Å². The summed E-state index contributed by atoms with van der Waals surface area (Å²) in [4.78, 5) is 8.80. The topological polar surface area (TPSA) is 30.7 Å². The van der Waals surface area contributed by atoms with Gasteiger partial charge in [-0.25, -0.2) is 4.98 Å². The van der Waals surface area contributed by atoms with Gasteiger partial charge in [0.05, 0.1) is 11.7 Å². The van der Waals surface area contributed by atoms with Gasteiger partial charge in [-0.05, 0) is 30.2 Å². The second kappa shape index (κ2) is 6.27. The van der Waals surface area contributed by atoms with Crippen LogP contribution in [0.3, 0.4) is 0 Å². The Labute approximate surface area is 129 Å². The lowest BCUT2D eigenvalue weighted by Gasteiger charge is -2.09. The number of hydrogen-bond donors (Lipinski definition) is 0. The standard InChI is InChI=1S/C17H18ClN3/c1-2-3-13-4-6-14(7-5-13)21-16-9-11-19-12-15(16)20-17(21)8-10-18/h4-7,9,11-12H,2-3,8,10H2,1H3. The first-order valence-corrected chi connectivity index (χ1v) is 7.83. The normalized spacial score (nSPS) is 11.1. The Bertz CT molecular complexity index is 731. The molecule has 0 atom stereocenters. The summed E-state index contributed by atoms with van der Waals surface area (Å²) in [6, 6.07) is 10.7. The summed E-state index contributed by atoms with van der Waals surface area (Å²) in [5.41, 5.74) is 4.48. The summed E-state index contributed by atoms with van der Waals surface area (Å²) < 4.78 is 2.18. The third kappa shape index (κ3) is 2.79. The maximum absolute atomic E-state index is 5.92. The summed E-state index contributed by atoms with van der Waals surface area (Å²) in [6.45, 7) is 2.20. The lowest BCUT2D eigenvalue weighted by Crippen LogP contribution is -2.02. The van der Waals surface area contributed by atoms with Crippen molar-refractivity contribution in [2.75, 3.05) is 5.88 Å². The number of aryl methyl sites for hydroxylation is 2. The highest BCUT2D eigenvalue weighted by molar-refractivity contribution is 6.17. The number of pyridine rings is 1. The van der Waals surface area contributed by atoms with E-state index in [0.29, 0.717) is 5.88 Å². The van der Waals surface area contributed by atoms with Crippen molar-refractivity contribution in [3.05, 3.63) is 54.1 Å². The number of benzene rings is 1. The van der Waals surface area contributed by atoms with Crippen molar-refractivity contribution in [3.63, 3.8) is 0 Å². The largest absolute Gasteiger partial charge is 0.296 e. The van der Waals surface area contributed by atoms with E-state index in [1.165, 1.54) is 5.56 Å². The minimum absolute atomic E-state index is 0.560. The van der Waals surface area contributed by atoms with Gasteiger partial charge in [-0.1, -0.05) is 25.5 Å². The van der Waals surface area contributed by atoms with Crippen LogP contribution in [-0.4, -0.2) is 20.4 Å². The van der Waals surface area contributed by atoms with Crippen LogP contribution in [0.1, 0.15) is 24.7 Å². The molecular formula is C17H18ClN3. The van der Waals surface area contributed by atoms with Crippen LogP contribution >= 0.6 is 11.6 Å². The fourth-order valence-corrected chi connectivity index (χ4v) is 2.79. The molecule has 2 aromatic heterocycles. The van der Waals surface area contributed by atoms with Gasteiger partial charge >= 0.3 is 0 Å². The van der Waals surface area contributed by atoms with E-state index in [-0.39, 0.29) is 0 Å². The highest BCUT2D eigenvalue weighted by atomic mass is 35.5. The van der Waals surface area contributed by atoms with Crippen LogP contribution in [0.15, 0.2) is 42.7 Å². The van der Waals surface area contributed by atoms with Crippen LogP contribution in [0.2, 0.25) is 0 Å². The van der Waals surface area contributed by atoms with Gasteiger partial charge in [-0.2, -0.15) is 0 Å². The molecule has 0 unspecified atom stereocenters. The highest BCUT2D eigenvalue weighted by Crippen LogP contribution is 2.22. The molecule has 0 spiro atoms. The SMILES string of the molecule is CCCc1ccc(-n2c(CCCl)nc3cnccc32)cc1. The Morgan fingerprint density at radius 2 is 1.90 bits per heavy atom. The predicted octanol–water partition coefficient (Wildman–Crippen LogP) is 4.15. The first-order chi connectivity index (χ1) is 10.3. The molecule has 0 radical (unpaired) electrons. The van der Waals surface area contributed by atoms with E-state index in [2.05, 4.69) is 45.7 Å². The lowest BCUT2D eigenvalue weighted by atomic mass is 10.1. The molecule has 3 aromatic rings. The van der Waals surface area contributed by atoms with Crippen molar-refractivity contribution in [1.29, 1.82) is 0 Å². The second-order valence-electron chi connectivity index (χ2n) is 5.08. The minimum atomic E-state index is 0.560. The Morgan fingerprint density at radius 3 is 2.62 bits per heavy atom. The molecule has 3 rings (SSSR count). The minimum Gasteiger partial charge on any atom is -0.296 e. The van der Waals surface area contributed by atoms with Crippen molar-refractivity contribution >= 4 is 22.6 Å². The van der Waals surface area contributed by atoms with E-state index in [0.717, 1.165) is 41.8 Å². The molecule has 0 aliphatic rings. The fourth-order valence-electron chi connectivity index (χ4n) is 2.62. The molecule has 0 aliphatic carbocycles. The molecule has 0 aliphatic heterocycles. The summed E-state index contributed by atoms with van der Waals surface area (Å²) in [6.07, 6.45) is 6.62. The number of aromatic nitrogens is 3. The van der Waals surface area contributed by atoms with E-state index in [1.807, 2.05) is 6.07 Å². The van der Waals surface area contributed by atoms with Crippen LogP contribution in [0.5, 0.6) is 0 Å². The first kappa shape index (κ1) is 14.1. The van der Waals surface area contributed by atoms with E-state index in [4.69, 9.17) is 11.6 Å². The highest BCUT2D eigenvalue weighted by Gasteiger charge is 2.11. The van der Waals surface area contributed by atoms with Gasteiger partial charge in [-0.3, -0.25) is 9.55 Å². The molecule has 0 fully saturated rings. The quantitative estimate of drug-likeness (QED) is 0.663. The Morgan fingerprint density at radius 1 is 1.10 bits per heavy atom. The van der Waals surface area contributed by atoms with Gasteiger partial charge in [0.25, 0.3) is 0 Å². The molecule has 3 nitrogen and oxygen atoms in total. The maximum atomic E-state index is 5.92. The van der Waals surface area contributed by atoms with Crippen molar-refractivity contribution in [1.82, 2.24) is 14.5 Å². The van der Waals surface area contributed by atoms with Gasteiger partial charge < -0.3 is 0 Å². The van der Waals surface area contributed by atoms with E-state index in [9.17, 15) is 0 Å². The molecular weight excluding hydrogens is 282 g/mol. The average Bonchev–Trinajstić information content (AvgIpc) is 2.87. The van der Waals surface area contributed by atoms with Crippen LogP contribution < -0.4 is 0 Å². The summed E-state index contributed by atoms with van der Waals surface area (Å²) in [7, 11) is 0. The van der Waals surface area contributed by atoms with E-state index < -0.39 is 0 Å². The molecule has 108 valence electrons. The maximum Gasteiger partial charge on any atom is 0.115 e. The van der Waals surface area contributed by atoms with Crippen molar-refractivity contribution in [3.8, 4) is 5.69 Å². The zero-order chi connectivity index (χ0) is 14.7. The third-order valence-electron chi connectivity index (χ3n) is 3.58. The monoisotopic (exact) mass is 299 g/mol. The molecule has 21 heavy (non-hydrogen) atoms. The van der Waals surface area contributed by atoms with Gasteiger partial charge in [-0.15, -0.1) is 11.6 Å². The van der Waals surface area contributed by atoms with Crippen molar-refractivity contribution in [2.45, 2.75) is 26.2 Å². The van der Waals surface area contributed by atoms with Crippen molar-refractivity contribution in [2.24, 2.45) is 0 Å². The number of halogens is 1. The Hall–Kier alpha value is -1.87. The zero-order valence-corrected chi connectivity index (χ0v) is 12.8. The molecule has 0 amide bonds. The molecule has 0 N–H and O–H groups in total. The van der Waals surface area contributed by atoms with Crippen molar-refractivity contribution < 1.29 is 0 Å². The van der Waals surface area contributed by atoms with Gasteiger partial charge in [0.2, 0.25) is 0 Å². The number of nitrogens with zero attached hydrogens (tertiary/aromatic N) is 3. The van der Waals surface area contributed by atoms with Crippen LogP contribution in [0.4, 0.5) is 0 Å². The number of hydrogen-bond acceptors (Lipinski definition) is 2. The number of alkyl halides is 1. The number of fused-ring (bicyclic) bond motifs is 1. The summed E-state index contributed by atoms with van der Waals surface area (Å²) in [5, 5.41) is 0. The molecule has 1 aromatic carbocycles. The second-order valence-corrected chi connectivity index (χ2v) is 5.46. The van der Waals surface area contributed by atoms with Crippen LogP contribution in [0, 0.1) is 0 Å². The lowest BCUT2D eigenvalue weighted by molar-refractivity contribution is 0.902. The molecule has 2 heterocycles. The number of rotatable bonds is 5. The first-order valence-electron chi connectivity index (χ1n) is 7.30. The van der Waals surface area contributed by atoms with Gasteiger partial charge in [0.1, 0.15) is 11.3 Å². The van der Waals surface area contributed by atoms with Crippen LogP contribution in [0.25, 0.3) is 16.7 Å². The fraction of sp³-hybridized carbons (Fsp3) is 0.294. The summed E-state index contributed by atoms with van der Waals surface area (Å²) >= 11 is 5.92. The number of imidazole rings is 1. The smallest absolute Gasteiger partial charge is 0.115 e.